The molecule has 0 spiro atoms. The van der Waals surface area contributed by atoms with Crippen LogP contribution in [0.4, 0.5) is 5.69 Å². The average Bonchev–Trinajstić information content (AvgIpc) is 2.57. The number of carbonyl (C=O) groups is 2. The van der Waals surface area contributed by atoms with E-state index >= 15 is 0 Å². The predicted molar refractivity (Wildman–Crippen MR) is 93.4 cm³/mol. The maximum Gasteiger partial charge on any atom is 0.271 e. The Hall–Kier alpha value is -3.15. The zero-order valence-corrected chi connectivity index (χ0v) is 13.6. The van der Waals surface area contributed by atoms with Crippen LogP contribution in [-0.4, -0.2) is 24.6 Å². The van der Waals surface area contributed by atoms with E-state index in [0.717, 1.165) is 11.3 Å². The molecule has 0 atom stereocenters. The van der Waals surface area contributed by atoms with Gasteiger partial charge in [0.2, 0.25) is 5.91 Å². The minimum Gasteiger partial charge on any atom is -0.494 e. The smallest absolute Gasteiger partial charge is 0.271 e. The summed E-state index contributed by atoms with van der Waals surface area (Å²) in [6, 6.07) is 13.9. The van der Waals surface area contributed by atoms with Crippen molar-refractivity contribution in [2.45, 2.75) is 13.8 Å². The van der Waals surface area contributed by atoms with Crippen molar-refractivity contribution in [1.29, 1.82) is 0 Å². The Kier molecular flexibility index (Phi) is 6.08. The quantitative estimate of drug-likeness (QED) is 0.633. The molecule has 0 aliphatic rings. The maximum atomic E-state index is 12.0. The van der Waals surface area contributed by atoms with Gasteiger partial charge in [-0.1, -0.05) is 12.1 Å². The molecule has 124 valence electrons. The molecule has 0 saturated heterocycles. The second-order valence-corrected chi connectivity index (χ2v) is 4.96. The van der Waals surface area contributed by atoms with Crippen molar-refractivity contribution < 1.29 is 14.3 Å². The van der Waals surface area contributed by atoms with Gasteiger partial charge in [0.15, 0.2) is 0 Å². The van der Waals surface area contributed by atoms with Gasteiger partial charge in [-0.25, -0.2) is 5.43 Å². The Morgan fingerprint density at radius 2 is 1.75 bits per heavy atom. The molecule has 0 unspecified atom stereocenters. The molecule has 0 fully saturated rings. The van der Waals surface area contributed by atoms with Gasteiger partial charge in [0.25, 0.3) is 5.91 Å². The van der Waals surface area contributed by atoms with Gasteiger partial charge >= 0.3 is 0 Å². The van der Waals surface area contributed by atoms with E-state index in [1.807, 2.05) is 6.92 Å². The van der Waals surface area contributed by atoms with Crippen LogP contribution in [0, 0.1) is 0 Å². The summed E-state index contributed by atoms with van der Waals surface area (Å²) in [4.78, 5) is 22.9. The minimum absolute atomic E-state index is 0.126. The van der Waals surface area contributed by atoms with Crippen molar-refractivity contribution in [3.8, 4) is 5.75 Å². The van der Waals surface area contributed by atoms with E-state index in [1.54, 1.807) is 48.5 Å². The van der Waals surface area contributed by atoms with Gasteiger partial charge in [0.1, 0.15) is 5.75 Å². The van der Waals surface area contributed by atoms with Crippen molar-refractivity contribution in [3.05, 3.63) is 59.7 Å². The van der Waals surface area contributed by atoms with Crippen molar-refractivity contribution >= 4 is 23.7 Å². The largest absolute Gasteiger partial charge is 0.494 e. The second-order valence-electron chi connectivity index (χ2n) is 4.96. The van der Waals surface area contributed by atoms with E-state index in [1.165, 1.54) is 13.1 Å². The number of hydrogen-bond donors (Lipinski definition) is 2. The number of hydrogen-bond acceptors (Lipinski definition) is 4. The van der Waals surface area contributed by atoms with Gasteiger partial charge in [0.05, 0.1) is 12.8 Å². The number of rotatable bonds is 6. The van der Waals surface area contributed by atoms with Gasteiger partial charge in [-0.15, -0.1) is 0 Å². The third-order valence-electron chi connectivity index (χ3n) is 3.04. The van der Waals surface area contributed by atoms with Gasteiger partial charge < -0.3 is 10.1 Å². The lowest BCUT2D eigenvalue weighted by Gasteiger charge is -2.04. The normalized spacial score (nSPS) is 10.4. The number of anilines is 1. The summed E-state index contributed by atoms with van der Waals surface area (Å²) in [5, 5.41) is 6.60. The molecule has 2 aromatic rings. The molecular weight excluding hydrogens is 306 g/mol. The highest BCUT2D eigenvalue weighted by Crippen LogP contribution is 2.12. The first-order valence-electron chi connectivity index (χ1n) is 7.52. The Morgan fingerprint density at radius 1 is 1.08 bits per heavy atom. The molecule has 6 nitrogen and oxygen atoms in total. The highest BCUT2D eigenvalue weighted by Gasteiger charge is 2.04. The van der Waals surface area contributed by atoms with Gasteiger partial charge in [0, 0.05) is 18.2 Å². The van der Waals surface area contributed by atoms with Crippen LogP contribution in [0.25, 0.3) is 0 Å². The van der Waals surface area contributed by atoms with Crippen LogP contribution in [0.2, 0.25) is 0 Å². The fraction of sp³-hybridized carbons (Fsp3) is 0.167. The lowest BCUT2D eigenvalue weighted by molar-refractivity contribution is -0.114. The number of amides is 2. The van der Waals surface area contributed by atoms with Crippen LogP contribution >= 0.6 is 0 Å². The monoisotopic (exact) mass is 325 g/mol. The number of ether oxygens (including phenoxy) is 1. The summed E-state index contributed by atoms with van der Waals surface area (Å²) in [5.74, 6) is 0.292. The fourth-order valence-electron chi connectivity index (χ4n) is 1.95. The van der Waals surface area contributed by atoms with Gasteiger partial charge in [-0.2, -0.15) is 5.10 Å². The number of hydrazone groups is 1. The van der Waals surface area contributed by atoms with E-state index in [4.69, 9.17) is 4.74 Å². The number of nitrogens with zero attached hydrogens (tertiary/aromatic N) is 1. The molecule has 0 aliphatic carbocycles. The molecule has 2 amide bonds. The molecule has 2 rings (SSSR count). The van der Waals surface area contributed by atoms with E-state index < -0.39 is 0 Å². The van der Waals surface area contributed by atoms with Crippen LogP contribution in [0.1, 0.15) is 29.8 Å². The highest BCUT2D eigenvalue weighted by atomic mass is 16.5. The summed E-state index contributed by atoms with van der Waals surface area (Å²) in [5.41, 5.74) is 4.47. The van der Waals surface area contributed by atoms with Crippen molar-refractivity contribution in [1.82, 2.24) is 5.43 Å². The summed E-state index contributed by atoms with van der Waals surface area (Å²) in [6.07, 6.45) is 1.53. The first-order chi connectivity index (χ1) is 11.6. The molecule has 0 aliphatic heterocycles. The SMILES string of the molecule is CCOc1ccc(C(=O)N/N=C\c2ccc(NC(C)=O)cc2)cc1. The highest BCUT2D eigenvalue weighted by molar-refractivity contribution is 5.95. The lowest BCUT2D eigenvalue weighted by Crippen LogP contribution is -2.17. The van der Waals surface area contributed by atoms with Crippen molar-refractivity contribution in [3.63, 3.8) is 0 Å². The number of nitrogens with one attached hydrogen (secondary N) is 2. The second kappa shape index (κ2) is 8.47. The van der Waals surface area contributed by atoms with Crippen molar-refractivity contribution in [2.24, 2.45) is 5.10 Å². The summed E-state index contributed by atoms with van der Waals surface area (Å²) >= 11 is 0. The van der Waals surface area contributed by atoms with Gasteiger partial charge in [-0.3, -0.25) is 9.59 Å². The number of benzene rings is 2. The molecular formula is C18H19N3O3. The summed E-state index contributed by atoms with van der Waals surface area (Å²) in [7, 11) is 0. The molecule has 0 radical (unpaired) electrons. The zero-order valence-electron chi connectivity index (χ0n) is 13.6. The van der Waals surface area contributed by atoms with Crippen LogP contribution in [0.5, 0.6) is 5.75 Å². The Bertz CT molecular complexity index is 722. The molecule has 2 N–H and O–H groups in total. The maximum absolute atomic E-state index is 12.0. The first kappa shape index (κ1) is 17.2. The standard InChI is InChI=1S/C18H19N3O3/c1-3-24-17-10-6-15(7-11-17)18(23)21-19-12-14-4-8-16(9-5-14)20-13(2)22/h4-12H,3H2,1-2H3,(H,20,22)(H,21,23)/b19-12-. The molecule has 0 bridgehead atoms. The van der Waals surface area contributed by atoms with E-state index in [2.05, 4.69) is 15.8 Å². The minimum atomic E-state index is -0.302. The Labute approximate surface area is 140 Å². The molecule has 2 aromatic carbocycles. The van der Waals surface area contributed by atoms with Crippen LogP contribution in [-0.2, 0) is 4.79 Å². The molecule has 24 heavy (non-hydrogen) atoms. The van der Waals surface area contributed by atoms with Gasteiger partial charge in [-0.05, 0) is 48.9 Å². The van der Waals surface area contributed by atoms with Crippen LogP contribution in [0.15, 0.2) is 53.6 Å². The molecule has 0 saturated carbocycles. The first-order valence-corrected chi connectivity index (χ1v) is 7.52. The van der Waals surface area contributed by atoms with E-state index in [-0.39, 0.29) is 11.8 Å². The summed E-state index contributed by atoms with van der Waals surface area (Å²) < 4.78 is 5.33. The summed E-state index contributed by atoms with van der Waals surface area (Å²) in [6.45, 7) is 3.93. The third kappa shape index (κ3) is 5.24. The van der Waals surface area contributed by atoms with Crippen LogP contribution < -0.4 is 15.5 Å². The molecule has 0 heterocycles. The fourth-order valence-corrected chi connectivity index (χ4v) is 1.95. The predicted octanol–water partition coefficient (Wildman–Crippen LogP) is 2.81. The Morgan fingerprint density at radius 3 is 2.33 bits per heavy atom. The third-order valence-corrected chi connectivity index (χ3v) is 3.04. The van der Waals surface area contributed by atoms with Crippen LogP contribution in [0.3, 0.4) is 0 Å². The number of carbonyl (C=O) groups excluding carboxylic acids is 2. The van der Waals surface area contributed by atoms with E-state index in [0.29, 0.717) is 17.9 Å². The van der Waals surface area contributed by atoms with E-state index in [9.17, 15) is 9.59 Å². The topological polar surface area (TPSA) is 79.8 Å². The van der Waals surface area contributed by atoms with Crippen molar-refractivity contribution in [2.75, 3.05) is 11.9 Å². The molecule has 0 aromatic heterocycles. The zero-order chi connectivity index (χ0) is 17.4. The molecule has 6 heteroatoms. The average molecular weight is 325 g/mol. The Balaban J connectivity index is 1.90. The lowest BCUT2D eigenvalue weighted by atomic mass is 10.2.